The van der Waals surface area contributed by atoms with E-state index in [1.54, 1.807) is 12.3 Å². The summed E-state index contributed by atoms with van der Waals surface area (Å²) in [5, 5.41) is 2.88. The van der Waals surface area contributed by atoms with Gasteiger partial charge in [-0.05, 0) is 42.7 Å². The van der Waals surface area contributed by atoms with Gasteiger partial charge in [0.1, 0.15) is 17.7 Å². The lowest BCUT2D eigenvalue weighted by molar-refractivity contribution is -0.139. The Labute approximate surface area is 202 Å². The number of amides is 1. The van der Waals surface area contributed by atoms with Gasteiger partial charge in [-0.1, -0.05) is 42.5 Å². The molecule has 2 heterocycles. The topological polar surface area (TPSA) is 54.5 Å². The van der Waals surface area contributed by atoms with Crippen molar-refractivity contribution >= 4 is 17.4 Å². The van der Waals surface area contributed by atoms with Crippen molar-refractivity contribution in [2.45, 2.75) is 44.4 Å². The van der Waals surface area contributed by atoms with Gasteiger partial charge in [0.2, 0.25) is 5.91 Å². The number of aryl methyl sites for hydroxylation is 1. The lowest BCUT2D eigenvalue weighted by Gasteiger charge is -2.33. The lowest BCUT2D eigenvalue weighted by atomic mass is 10.1. The molecule has 1 aliphatic heterocycles. The SMILES string of the molecule is O=C(CCCc1ccccc1)Nc1ccc(N2CCC(Oc3ccccc3C(F)(F)F)CC2)nc1. The first-order chi connectivity index (χ1) is 16.9. The predicted molar refractivity (Wildman–Crippen MR) is 130 cm³/mol. The van der Waals surface area contributed by atoms with Gasteiger partial charge in [-0.3, -0.25) is 4.79 Å². The maximum absolute atomic E-state index is 13.2. The van der Waals surface area contributed by atoms with E-state index in [0.717, 1.165) is 24.7 Å². The molecule has 3 aromatic rings. The van der Waals surface area contributed by atoms with Crippen LogP contribution in [0.25, 0.3) is 0 Å². The number of alkyl halides is 3. The van der Waals surface area contributed by atoms with E-state index in [0.29, 0.717) is 38.0 Å². The van der Waals surface area contributed by atoms with Gasteiger partial charge >= 0.3 is 6.18 Å². The molecule has 0 bridgehead atoms. The highest BCUT2D eigenvalue weighted by molar-refractivity contribution is 5.90. The number of hydrogen-bond acceptors (Lipinski definition) is 4. The van der Waals surface area contributed by atoms with Gasteiger partial charge in [0.25, 0.3) is 0 Å². The lowest BCUT2D eigenvalue weighted by Crippen LogP contribution is -2.38. The Morgan fingerprint density at radius 3 is 2.40 bits per heavy atom. The zero-order chi connectivity index (χ0) is 24.7. The average Bonchev–Trinajstić information content (AvgIpc) is 2.85. The Balaban J connectivity index is 1.23. The van der Waals surface area contributed by atoms with Crippen molar-refractivity contribution in [3.63, 3.8) is 0 Å². The number of para-hydroxylation sites is 1. The number of piperidine rings is 1. The molecule has 1 fully saturated rings. The number of benzene rings is 2. The Morgan fingerprint density at radius 1 is 1.00 bits per heavy atom. The van der Waals surface area contributed by atoms with Crippen molar-refractivity contribution in [3.8, 4) is 5.75 Å². The van der Waals surface area contributed by atoms with E-state index in [1.165, 1.54) is 17.7 Å². The summed E-state index contributed by atoms with van der Waals surface area (Å²) in [6.07, 6.45) is 0.138. The Bertz CT molecular complexity index is 1100. The summed E-state index contributed by atoms with van der Waals surface area (Å²) in [5.41, 5.74) is 1.10. The second-order valence-corrected chi connectivity index (χ2v) is 8.59. The molecule has 2 aromatic carbocycles. The molecule has 0 saturated carbocycles. The van der Waals surface area contributed by atoms with Crippen LogP contribution in [0.4, 0.5) is 24.7 Å². The minimum atomic E-state index is -4.44. The van der Waals surface area contributed by atoms with Gasteiger partial charge in [0, 0.05) is 32.4 Å². The number of carbonyl (C=O) groups excluding carboxylic acids is 1. The van der Waals surface area contributed by atoms with Crippen LogP contribution in [-0.4, -0.2) is 30.1 Å². The van der Waals surface area contributed by atoms with Gasteiger partial charge in [0.05, 0.1) is 17.4 Å². The molecule has 1 amide bonds. The van der Waals surface area contributed by atoms with E-state index >= 15 is 0 Å². The molecule has 5 nitrogen and oxygen atoms in total. The first-order valence-corrected chi connectivity index (χ1v) is 11.8. The number of halogens is 3. The Kier molecular flexibility index (Phi) is 7.90. The van der Waals surface area contributed by atoms with Crippen molar-refractivity contribution < 1.29 is 22.7 Å². The number of ether oxygens (including phenoxy) is 1. The minimum Gasteiger partial charge on any atom is -0.490 e. The highest BCUT2D eigenvalue weighted by Crippen LogP contribution is 2.37. The molecule has 1 saturated heterocycles. The molecular formula is C27H28F3N3O2. The standard InChI is InChI=1S/C27H28F3N3O2/c28-27(29,30)23-10-4-5-11-24(23)35-22-15-17-33(18-16-22)25-14-13-21(19-31-25)32-26(34)12-6-9-20-7-2-1-3-8-20/h1-5,7-8,10-11,13-14,19,22H,6,9,12,15-18H2,(H,32,34). The van der Waals surface area contributed by atoms with Gasteiger partial charge in [-0.2, -0.15) is 13.2 Å². The molecule has 35 heavy (non-hydrogen) atoms. The Hall–Kier alpha value is -3.55. The van der Waals surface area contributed by atoms with Crippen LogP contribution in [0.3, 0.4) is 0 Å². The summed E-state index contributed by atoms with van der Waals surface area (Å²) in [4.78, 5) is 18.8. The number of hydrogen-bond donors (Lipinski definition) is 1. The van der Waals surface area contributed by atoms with E-state index < -0.39 is 11.7 Å². The van der Waals surface area contributed by atoms with Crippen LogP contribution < -0.4 is 15.0 Å². The van der Waals surface area contributed by atoms with Crippen LogP contribution in [0, 0.1) is 0 Å². The van der Waals surface area contributed by atoms with E-state index in [1.807, 2.05) is 30.3 Å². The molecule has 8 heteroatoms. The third kappa shape index (κ3) is 6.97. The average molecular weight is 484 g/mol. The molecule has 184 valence electrons. The molecule has 0 radical (unpaired) electrons. The summed E-state index contributed by atoms with van der Waals surface area (Å²) in [6, 6.07) is 19.0. The van der Waals surface area contributed by atoms with E-state index in [2.05, 4.69) is 27.3 Å². The first kappa shape index (κ1) is 24.6. The summed E-state index contributed by atoms with van der Waals surface area (Å²) >= 11 is 0. The monoisotopic (exact) mass is 483 g/mol. The number of rotatable bonds is 8. The smallest absolute Gasteiger partial charge is 0.419 e. The Morgan fingerprint density at radius 2 is 1.71 bits per heavy atom. The first-order valence-electron chi connectivity index (χ1n) is 11.8. The summed E-state index contributed by atoms with van der Waals surface area (Å²) in [7, 11) is 0. The second-order valence-electron chi connectivity index (χ2n) is 8.59. The highest BCUT2D eigenvalue weighted by atomic mass is 19.4. The van der Waals surface area contributed by atoms with Gasteiger partial charge < -0.3 is 15.0 Å². The number of carbonyl (C=O) groups is 1. The van der Waals surface area contributed by atoms with Crippen molar-refractivity contribution in [1.82, 2.24) is 4.98 Å². The number of pyridine rings is 1. The molecule has 0 aliphatic carbocycles. The third-order valence-corrected chi connectivity index (χ3v) is 6.00. The summed E-state index contributed by atoms with van der Waals surface area (Å²) < 4.78 is 45.3. The molecule has 0 atom stereocenters. The van der Waals surface area contributed by atoms with E-state index in [-0.39, 0.29) is 17.8 Å². The zero-order valence-electron chi connectivity index (χ0n) is 19.3. The normalized spacial score (nSPS) is 14.5. The van der Waals surface area contributed by atoms with Crippen LogP contribution in [0.2, 0.25) is 0 Å². The minimum absolute atomic E-state index is 0.0485. The summed E-state index contributed by atoms with van der Waals surface area (Å²) in [6.45, 7) is 1.24. The van der Waals surface area contributed by atoms with Crippen molar-refractivity contribution in [1.29, 1.82) is 0 Å². The van der Waals surface area contributed by atoms with Crippen LogP contribution in [-0.2, 0) is 17.4 Å². The maximum Gasteiger partial charge on any atom is 0.419 e. The predicted octanol–water partition coefficient (Wildman–Crippen LogP) is 6.11. The van der Waals surface area contributed by atoms with Gasteiger partial charge in [0.15, 0.2) is 0 Å². The molecule has 0 unspecified atom stereocenters. The van der Waals surface area contributed by atoms with Crippen molar-refractivity contribution in [2.75, 3.05) is 23.3 Å². The van der Waals surface area contributed by atoms with Gasteiger partial charge in [-0.25, -0.2) is 4.98 Å². The zero-order valence-corrected chi connectivity index (χ0v) is 19.3. The van der Waals surface area contributed by atoms with E-state index in [9.17, 15) is 18.0 Å². The maximum atomic E-state index is 13.2. The molecule has 1 N–H and O–H groups in total. The quantitative estimate of drug-likeness (QED) is 0.420. The fourth-order valence-corrected chi connectivity index (χ4v) is 4.15. The number of nitrogens with one attached hydrogen (secondary N) is 1. The van der Waals surface area contributed by atoms with Crippen molar-refractivity contribution in [3.05, 3.63) is 84.1 Å². The number of aromatic nitrogens is 1. The highest BCUT2D eigenvalue weighted by Gasteiger charge is 2.35. The second kappa shape index (κ2) is 11.3. The largest absolute Gasteiger partial charge is 0.490 e. The van der Waals surface area contributed by atoms with E-state index in [4.69, 9.17) is 4.74 Å². The molecule has 4 rings (SSSR count). The molecule has 1 aliphatic rings. The summed E-state index contributed by atoms with van der Waals surface area (Å²) in [5.74, 6) is 0.592. The molecule has 0 spiro atoms. The van der Waals surface area contributed by atoms with Crippen LogP contribution in [0.5, 0.6) is 5.75 Å². The molecular weight excluding hydrogens is 455 g/mol. The van der Waals surface area contributed by atoms with Crippen LogP contribution >= 0.6 is 0 Å². The third-order valence-electron chi connectivity index (χ3n) is 6.00. The van der Waals surface area contributed by atoms with Crippen LogP contribution in [0.1, 0.15) is 36.8 Å². The molecule has 1 aromatic heterocycles. The van der Waals surface area contributed by atoms with Crippen LogP contribution in [0.15, 0.2) is 72.9 Å². The fraction of sp³-hybridized carbons (Fsp3) is 0.333. The van der Waals surface area contributed by atoms with Crippen molar-refractivity contribution in [2.24, 2.45) is 0 Å². The number of anilines is 2. The number of nitrogens with zero attached hydrogens (tertiary/aromatic N) is 2. The fourth-order valence-electron chi connectivity index (χ4n) is 4.15. The van der Waals surface area contributed by atoms with Gasteiger partial charge in [-0.15, -0.1) is 0 Å².